The van der Waals surface area contributed by atoms with Gasteiger partial charge >= 0.3 is 23.4 Å². The van der Waals surface area contributed by atoms with Crippen molar-refractivity contribution < 1.29 is 52.7 Å². The highest BCUT2D eigenvalue weighted by Gasteiger charge is 2.40. The Morgan fingerprint density at radius 2 is 0.969 bits per heavy atom. The first kappa shape index (κ1) is 49.4. The third kappa shape index (κ3) is 13.5. The average molecular weight is 968 g/mol. The molecular weight excluding hydrogens is 927 g/mol. The van der Waals surface area contributed by atoms with Crippen molar-refractivity contribution in [3.05, 3.63) is 83.2 Å². The third-order valence-corrected chi connectivity index (χ3v) is 11.0. The zero-order valence-electron chi connectivity index (χ0n) is 34.9. The van der Waals surface area contributed by atoms with E-state index < -0.39 is 69.8 Å². The van der Waals surface area contributed by atoms with Crippen LogP contribution >= 0.6 is 23.9 Å². The van der Waals surface area contributed by atoms with E-state index in [-0.39, 0.29) is 34.8 Å². The van der Waals surface area contributed by atoms with Gasteiger partial charge in [-0.05, 0) is 97.2 Å². The van der Waals surface area contributed by atoms with Gasteiger partial charge in [-0.2, -0.15) is 52.7 Å². The normalized spacial score (nSPS) is 15.1. The lowest BCUT2D eigenvalue weighted by atomic mass is 9.99. The van der Waals surface area contributed by atoms with Crippen molar-refractivity contribution >= 4 is 69.7 Å². The summed E-state index contributed by atoms with van der Waals surface area (Å²) < 4.78 is 169. The fraction of sp³-hybridized carbons (Fsp3) is 0.450. The maximum atomic E-state index is 14.7. The van der Waals surface area contributed by atoms with Crippen molar-refractivity contribution in [2.45, 2.75) is 76.7 Å². The molecule has 0 saturated heterocycles. The molecular formula is C40H41F12N11S2. The number of hydrogen-bond acceptors (Lipinski definition) is 13. The van der Waals surface area contributed by atoms with Gasteiger partial charge in [-0.15, -0.1) is 26.0 Å². The van der Waals surface area contributed by atoms with E-state index in [1.54, 1.807) is 0 Å². The van der Waals surface area contributed by atoms with E-state index in [1.165, 1.54) is 24.3 Å². The van der Waals surface area contributed by atoms with Gasteiger partial charge in [0.25, 0.3) is 0 Å². The molecule has 4 heterocycles. The molecule has 4 aromatic rings. The maximum absolute atomic E-state index is 14.7. The number of benzene rings is 2. The van der Waals surface area contributed by atoms with E-state index >= 15 is 0 Å². The van der Waals surface area contributed by atoms with Crippen molar-refractivity contribution in [3.63, 3.8) is 0 Å². The molecule has 65 heavy (non-hydrogen) atoms. The SMILES string of the molecule is CC(C)CN1CCCc2cc(N=Nc3ccc(C(F)(F)F)cn3)c(N(NN(SC(F)(F)F)c3cc4c(cc3N=Nc3ccc(C(F)(F)F)cn3)CCCN4CC(C)C)SC(F)(F)F)cc21. The number of anilines is 4. The molecule has 0 atom stereocenters. The van der Waals surface area contributed by atoms with Gasteiger partial charge in [0.05, 0.1) is 46.4 Å². The van der Waals surface area contributed by atoms with Crippen LogP contribution in [0.25, 0.3) is 0 Å². The summed E-state index contributed by atoms with van der Waals surface area (Å²) >= 11 is -1.72. The summed E-state index contributed by atoms with van der Waals surface area (Å²) in [4.78, 5) is 11.2. The van der Waals surface area contributed by atoms with Crippen LogP contribution in [0.4, 0.5) is 98.4 Å². The first-order valence-corrected chi connectivity index (χ1v) is 21.5. The molecule has 6 rings (SSSR count). The van der Waals surface area contributed by atoms with Crippen LogP contribution in [0.5, 0.6) is 0 Å². The number of aromatic nitrogens is 2. The van der Waals surface area contributed by atoms with Gasteiger partial charge in [0.2, 0.25) is 0 Å². The van der Waals surface area contributed by atoms with Crippen LogP contribution in [0.1, 0.15) is 62.8 Å². The molecule has 0 amide bonds. The molecule has 2 aromatic carbocycles. The Morgan fingerprint density at radius 1 is 0.585 bits per heavy atom. The lowest BCUT2D eigenvalue weighted by Crippen LogP contribution is -2.46. The van der Waals surface area contributed by atoms with Crippen LogP contribution in [-0.4, -0.2) is 47.2 Å². The Hall–Kier alpha value is -5.04. The zero-order chi connectivity index (χ0) is 47.5. The minimum absolute atomic E-state index is 0.0802. The van der Waals surface area contributed by atoms with Crippen LogP contribution in [0.15, 0.2) is 81.4 Å². The number of azo groups is 2. The van der Waals surface area contributed by atoms with Gasteiger partial charge in [-0.3, -0.25) is 0 Å². The number of halogens is 12. The minimum atomic E-state index is -5.17. The summed E-state index contributed by atoms with van der Waals surface area (Å²) in [5.74, 6) is -0.538. The van der Waals surface area contributed by atoms with Crippen molar-refractivity contribution in [2.75, 3.05) is 44.8 Å². The molecule has 0 unspecified atom stereocenters. The minimum Gasteiger partial charge on any atom is -0.371 e. The van der Waals surface area contributed by atoms with Gasteiger partial charge < -0.3 is 9.80 Å². The molecule has 0 radical (unpaired) electrons. The molecule has 11 nitrogen and oxygen atoms in total. The zero-order valence-corrected chi connectivity index (χ0v) is 36.5. The third-order valence-electron chi connectivity index (χ3n) is 9.63. The fourth-order valence-corrected chi connectivity index (χ4v) is 8.29. The van der Waals surface area contributed by atoms with Crippen LogP contribution in [-0.2, 0) is 25.2 Å². The predicted molar refractivity (Wildman–Crippen MR) is 226 cm³/mol. The van der Waals surface area contributed by atoms with Gasteiger partial charge in [0.15, 0.2) is 11.6 Å². The topological polar surface area (TPSA) is 100 Å². The molecule has 25 heteroatoms. The lowest BCUT2D eigenvalue weighted by molar-refractivity contribution is -0.138. The molecule has 2 aliphatic rings. The summed E-state index contributed by atoms with van der Waals surface area (Å²) in [7, 11) is 0. The highest BCUT2D eigenvalue weighted by Crippen LogP contribution is 2.48. The highest BCUT2D eigenvalue weighted by atomic mass is 32.2. The largest absolute Gasteiger partial charge is 0.463 e. The predicted octanol–water partition coefficient (Wildman–Crippen LogP) is 14.2. The molecule has 0 saturated carbocycles. The highest BCUT2D eigenvalue weighted by molar-refractivity contribution is 8.02. The Labute approximate surface area is 374 Å². The average Bonchev–Trinajstić information content (AvgIpc) is 3.19. The van der Waals surface area contributed by atoms with Gasteiger partial charge in [0, 0.05) is 49.9 Å². The molecule has 2 aromatic heterocycles. The fourth-order valence-electron chi connectivity index (χ4n) is 7.09. The summed E-state index contributed by atoms with van der Waals surface area (Å²) in [5, 5.41) is 16.0. The number of nitrogens with one attached hydrogen (secondary N) is 1. The first-order valence-electron chi connectivity index (χ1n) is 19.9. The maximum Gasteiger partial charge on any atom is 0.463 e. The van der Waals surface area contributed by atoms with Gasteiger partial charge in [0.1, 0.15) is 11.4 Å². The second kappa shape index (κ2) is 19.8. The number of hydrogen-bond donors (Lipinski definition) is 1. The second-order valence-electron chi connectivity index (χ2n) is 15.8. The van der Waals surface area contributed by atoms with E-state index in [1.807, 2.05) is 37.5 Å². The van der Waals surface area contributed by atoms with Crippen LogP contribution in [0.2, 0.25) is 0 Å². The number of pyridine rings is 2. The molecule has 2 aliphatic heterocycles. The molecule has 352 valence electrons. The second-order valence-corrected chi connectivity index (χ2v) is 17.8. The Balaban J connectivity index is 1.53. The van der Waals surface area contributed by atoms with E-state index in [0.717, 1.165) is 12.1 Å². The van der Waals surface area contributed by atoms with E-state index in [4.69, 9.17) is 0 Å². The van der Waals surface area contributed by atoms with E-state index in [2.05, 4.69) is 36.0 Å². The summed E-state index contributed by atoms with van der Waals surface area (Å²) in [6.45, 7) is 9.64. The van der Waals surface area contributed by atoms with Crippen molar-refractivity contribution in [1.82, 2.24) is 15.5 Å². The summed E-state index contributed by atoms with van der Waals surface area (Å²) in [5.41, 5.74) is -9.58. The number of hydrazine groups is 2. The summed E-state index contributed by atoms with van der Waals surface area (Å²) in [6, 6.07) is 8.62. The number of nitrogens with zero attached hydrogens (tertiary/aromatic N) is 10. The first-order chi connectivity index (χ1) is 30.3. The molecule has 0 fully saturated rings. The Bertz CT molecular complexity index is 2160. The van der Waals surface area contributed by atoms with Crippen LogP contribution in [0, 0.1) is 11.8 Å². The smallest absolute Gasteiger partial charge is 0.371 e. The number of rotatable bonds is 14. The van der Waals surface area contributed by atoms with Crippen molar-refractivity contribution in [2.24, 2.45) is 32.3 Å². The lowest BCUT2D eigenvalue weighted by Gasteiger charge is -2.37. The summed E-state index contributed by atoms with van der Waals surface area (Å²) in [6.07, 6.45) is -6.33. The van der Waals surface area contributed by atoms with Crippen molar-refractivity contribution in [3.8, 4) is 0 Å². The van der Waals surface area contributed by atoms with Gasteiger partial charge in [-0.25, -0.2) is 18.8 Å². The van der Waals surface area contributed by atoms with E-state index in [0.29, 0.717) is 108 Å². The monoisotopic (exact) mass is 967 g/mol. The molecule has 1 N–H and O–H groups in total. The number of alkyl halides is 12. The van der Waals surface area contributed by atoms with Crippen LogP contribution in [0.3, 0.4) is 0 Å². The number of fused-ring (bicyclic) bond motifs is 2. The molecule has 0 bridgehead atoms. The molecule has 0 aliphatic carbocycles. The van der Waals surface area contributed by atoms with E-state index in [9.17, 15) is 52.7 Å². The van der Waals surface area contributed by atoms with Crippen molar-refractivity contribution in [1.29, 1.82) is 0 Å². The standard InChI is InChI=1S/C40H41F12N11S2/c1-23(2)21-60-13-5-7-25-15-29(55-57-35-11-9-27(19-53-35)37(41,42)43)33(17-31(25)60)62(64-39(47,48)49)59-63(65-40(50,51)52)34-18-32-26(8-6-14-61(32)22-24(3)4)16-30(34)56-58-36-12-10-28(20-54-36)38(44,45)46/h9-12,15-20,23-24,59H,5-8,13-14,21-22H2,1-4H3. The Kier molecular flexibility index (Phi) is 15.1. The quantitative estimate of drug-likeness (QED) is 0.0573. The number of aryl methyl sites for hydroxylation is 2. The Morgan fingerprint density at radius 3 is 1.28 bits per heavy atom. The van der Waals surface area contributed by atoms with Gasteiger partial charge in [-0.1, -0.05) is 27.7 Å². The van der Waals surface area contributed by atoms with Crippen LogP contribution < -0.4 is 24.2 Å². The molecule has 0 spiro atoms.